The molecule has 0 saturated carbocycles. The fourth-order valence-electron chi connectivity index (χ4n) is 1.89. The Morgan fingerprint density at radius 3 is 2.74 bits per heavy atom. The standard InChI is InChI=1S/C15H16ClN3/c1-4-11-8-12(6-7-14(11)19(3)5-2)13-9-15(16)18-10-17-13/h4,6-10H,1,5H2,2-3H3. The van der Waals surface area contributed by atoms with Gasteiger partial charge in [0.05, 0.1) is 5.69 Å². The number of nitrogens with zero attached hydrogens (tertiary/aromatic N) is 3. The lowest BCUT2D eigenvalue weighted by Crippen LogP contribution is -2.16. The fourth-order valence-corrected chi connectivity index (χ4v) is 2.03. The van der Waals surface area contributed by atoms with E-state index in [4.69, 9.17) is 11.6 Å². The van der Waals surface area contributed by atoms with Crippen molar-refractivity contribution in [3.63, 3.8) is 0 Å². The van der Waals surface area contributed by atoms with Crippen molar-refractivity contribution >= 4 is 23.4 Å². The van der Waals surface area contributed by atoms with Crippen LogP contribution in [0.4, 0.5) is 5.69 Å². The van der Waals surface area contributed by atoms with Crippen molar-refractivity contribution < 1.29 is 0 Å². The molecule has 1 aromatic carbocycles. The molecule has 0 saturated heterocycles. The lowest BCUT2D eigenvalue weighted by molar-refractivity contribution is 0.966. The van der Waals surface area contributed by atoms with E-state index in [2.05, 4.69) is 47.6 Å². The average Bonchev–Trinajstić information content (AvgIpc) is 2.45. The first-order valence-corrected chi connectivity index (χ1v) is 6.49. The van der Waals surface area contributed by atoms with Crippen molar-refractivity contribution in [2.45, 2.75) is 6.92 Å². The molecule has 0 amide bonds. The summed E-state index contributed by atoms with van der Waals surface area (Å²) in [4.78, 5) is 10.3. The van der Waals surface area contributed by atoms with Crippen LogP contribution in [-0.4, -0.2) is 23.6 Å². The molecule has 1 aromatic heterocycles. The summed E-state index contributed by atoms with van der Waals surface area (Å²) in [5.74, 6) is 0. The van der Waals surface area contributed by atoms with Crippen molar-refractivity contribution in [3.8, 4) is 11.3 Å². The van der Waals surface area contributed by atoms with E-state index in [-0.39, 0.29) is 0 Å². The second kappa shape index (κ2) is 5.85. The molecule has 0 unspecified atom stereocenters. The van der Waals surface area contributed by atoms with Crippen LogP contribution in [0.5, 0.6) is 0 Å². The van der Waals surface area contributed by atoms with Crippen LogP contribution in [0.1, 0.15) is 12.5 Å². The summed E-state index contributed by atoms with van der Waals surface area (Å²) < 4.78 is 0. The summed E-state index contributed by atoms with van der Waals surface area (Å²) in [6, 6.07) is 7.93. The normalized spacial score (nSPS) is 10.3. The summed E-state index contributed by atoms with van der Waals surface area (Å²) in [6.07, 6.45) is 3.32. The Morgan fingerprint density at radius 1 is 1.32 bits per heavy atom. The van der Waals surface area contributed by atoms with Gasteiger partial charge in [-0.2, -0.15) is 0 Å². The molecule has 0 aliphatic heterocycles. The van der Waals surface area contributed by atoms with Gasteiger partial charge in [-0.1, -0.05) is 30.3 Å². The maximum Gasteiger partial charge on any atom is 0.133 e. The van der Waals surface area contributed by atoms with E-state index in [1.807, 2.05) is 12.1 Å². The molecule has 0 spiro atoms. The summed E-state index contributed by atoms with van der Waals surface area (Å²) in [5.41, 5.74) is 4.05. The van der Waals surface area contributed by atoms with Crippen LogP contribution in [-0.2, 0) is 0 Å². The van der Waals surface area contributed by atoms with Gasteiger partial charge in [0.25, 0.3) is 0 Å². The number of aromatic nitrogens is 2. The highest BCUT2D eigenvalue weighted by Crippen LogP contribution is 2.27. The fraction of sp³-hybridized carbons (Fsp3) is 0.200. The van der Waals surface area contributed by atoms with E-state index in [1.54, 1.807) is 6.07 Å². The lowest BCUT2D eigenvalue weighted by Gasteiger charge is -2.20. The number of hydrogen-bond acceptors (Lipinski definition) is 3. The van der Waals surface area contributed by atoms with Crippen LogP contribution in [0.2, 0.25) is 5.15 Å². The molecule has 0 radical (unpaired) electrons. The van der Waals surface area contributed by atoms with Gasteiger partial charge >= 0.3 is 0 Å². The predicted octanol–water partition coefficient (Wildman–Crippen LogP) is 3.90. The zero-order chi connectivity index (χ0) is 13.8. The molecule has 0 aliphatic carbocycles. The summed E-state index contributed by atoms with van der Waals surface area (Å²) in [5, 5.41) is 0.444. The molecule has 0 bridgehead atoms. The smallest absolute Gasteiger partial charge is 0.133 e. The molecule has 3 nitrogen and oxygen atoms in total. The van der Waals surface area contributed by atoms with Crippen molar-refractivity contribution in [3.05, 3.63) is 47.9 Å². The third-order valence-corrected chi connectivity index (χ3v) is 3.27. The highest BCUT2D eigenvalue weighted by Gasteiger charge is 2.07. The first kappa shape index (κ1) is 13.6. The Labute approximate surface area is 118 Å². The van der Waals surface area contributed by atoms with E-state index in [0.29, 0.717) is 5.15 Å². The average molecular weight is 274 g/mol. The maximum atomic E-state index is 5.89. The van der Waals surface area contributed by atoms with Gasteiger partial charge in [0.1, 0.15) is 11.5 Å². The van der Waals surface area contributed by atoms with Crippen LogP contribution < -0.4 is 4.90 Å². The highest BCUT2D eigenvalue weighted by molar-refractivity contribution is 6.29. The Balaban J connectivity index is 2.47. The Bertz CT molecular complexity index is 596. The molecule has 98 valence electrons. The van der Waals surface area contributed by atoms with Gasteiger partial charge in [0, 0.05) is 30.9 Å². The molecular weight excluding hydrogens is 258 g/mol. The molecule has 2 aromatic rings. The third kappa shape index (κ3) is 2.93. The monoisotopic (exact) mass is 273 g/mol. The SMILES string of the molecule is C=Cc1cc(-c2cc(Cl)ncn2)ccc1N(C)CC. The molecule has 0 N–H and O–H groups in total. The summed E-state index contributed by atoms with van der Waals surface area (Å²) >= 11 is 5.89. The van der Waals surface area contributed by atoms with Gasteiger partial charge in [0.2, 0.25) is 0 Å². The number of anilines is 1. The third-order valence-electron chi connectivity index (χ3n) is 3.06. The van der Waals surface area contributed by atoms with Gasteiger partial charge < -0.3 is 4.90 Å². The zero-order valence-electron chi connectivity index (χ0n) is 11.1. The Morgan fingerprint density at radius 2 is 2.11 bits per heavy atom. The molecule has 19 heavy (non-hydrogen) atoms. The van der Waals surface area contributed by atoms with Crippen LogP contribution in [0.15, 0.2) is 37.2 Å². The van der Waals surface area contributed by atoms with E-state index < -0.39 is 0 Å². The Kier molecular flexibility index (Phi) is 4.17. The molecule has 1 heterocycles. The zero-order valence-corrected chi connectivity index (χ0v) is 11.9. The first-order chi connectivity index (χ1) is 9.15. The molecule has 2 rings (SSSR count). The summed E-state index contributed by atoms with van der Waals surface area (Å²) in [6.45, 7) is 6.94. The Hall–Kier alpha value is -1.87. The highest BCUT2D eigenvalue weighted by atomic mass is 35.5. The van der Waals surface area contributed by atoms with Crippen LogP contribution in [0, 0.1) is 0 Å². The van der Waals surface area contributed by atoms with Crippen LogP contribution >= 0.6 is 11.6 Å². The van der Waals surface area contributed by atoms with Gasteiger partial charge in [-0.3, -0.25) is 0 Å². The largest absolute Gasteiger partial charge is 0.374 e. The number of rotatable bonds is 4. The van der Waals surface area contributed by atoms with Crippen LogP contribution in [0.25, 0.3) is 17.3 Å². The molecule has 4 heteroatoms. The minimum absolute atomic E-state index is 0.444. The van der Waals surface area contributed by atoms with E-state index in [1.165, 1.54) is 6.33 Å². The molecular formula is C15H16ClN3. The number of benzene rings is 1. The lowest BCUT2D eigenvalue weighted by atomic mass is 10.1. The minimum atomic E-state index is 0.444. The van der Waals surface area contributed by atoms with Crippen molar-refractivity contribution in [1.82, 2.24) is 9.97 Å². The maximum absolute atomic E-state index is 5.89. The quantitative estimate of drug-likeness (QED) is 0.791. The first-order valence-electron chi connectivity index (χ1n) is 6.11. The van der Waals surface area contributed by atoms with E-state index in [0.717, 1.165) is 29.1 Å². The van der Waals surface area contributed by atoms with Gasteiger partial charge in [-0.25, -0.2) is 9.97 Å². The second-order valence-electron chi connectivity index (χ2n) is 4.22. The van der Waals surface area contributed by atoms with Gasteiger partial charge in [-0.05, 0) is 24.6 Å². The summed E-state index contributed by atoms with van der Waals surface area (Å²) in [7, 11) is 2.06. The molecule has 0 atom stereocenters. The topological polar surface area (TPSA) is 29.0 Å². The number of halogens is 1. The van der Waals surface area contributed by atoms with E-state index >= 15 is 0 Å². The van der Waals surface area contributed by atoms with Crippen molar-refractivity contribution in [1.29, 1.82) is 0 Å². The van der Waals surface area contributed by atoms with E-state index in [9.17, 15) is 0 Å². The van der Waals surface area contributed by atoms with Crippen molar-refractivity contribution in [2.75, 3.05) is 18.5 Å². The van der Waals surface area contributed by atoms with Crippen LogP contribution in [0.3, 0.4) is 0 Å². The number of hydrogen-bond donors (Lipinski definition) is 0. The predicted molar refractivity (Wildman–Crippen MR) is 81.5 cm³/mol. The van der Waals surface area contributed by atoms with Gasteiger partial charge in [0.15, 0.2) is 0 Å². The van der Waals surface area contributed by atoms with Crippen molar-refractivity contribution in [2.24, 2.45) is 0 Å². The molecule has 0 fully saturated rings. The second-order valence-corrected chi connectivity index (χ2v) is 4.61. The molecule has 0 aliphatic rings. The minimum Gasteiger partial charge on any atom is -0.374 e. The van der Waals surface area contributed by atoms with Gasteiger partial charge in [-0.15, -0.1) is 0 Å².